The summed E-state index contributed by atoms with van der Waals surface area (Å²) in [6.45, 7) is 0.300. The second-order valence-electron chi connectivity index (χ2n) is 8.39. The fraction of sp³-hybridized carbons (Fsp3) is 0.269. The Hall–Kier alpha value is -3.20. The van der Waals surface area contributed by atoms with Crippen molar-refractivity contribution in [2.24, 2.45) is 0 Å². The fourth-order valence-electron chi connectivity index (χ4n) is 4.26. The summed E-state index contributed by atoms with van der Waals surface area (Å²) in [6.07, 6.45) is -1.75. The summed E-state index contributed by atoms with van der Waals surface area (Å²) in [6, 6.07) is 21.8. The minimum absolute atomic E-state index is 0.0412. The number of ether oxygens (including phenoxy) is 1. The Labute approximate surface area is 198 Å². The number of benzene rings is 3. The molecule has 7 nitrogen and oxygen atoms in total. The number of carbonyl (C=O) groups excluding carboxylic acids is 1. The van der Waals surface area contributed by atoms with Gasteiger partial charge in [-0.05, 0) is 46.4 Å². The predicted octanol–water partition coefficient (Wildman–Crippen LogP) is 3.41. The normalized spacial score (nSPS) is 14.7. The minimum Gasteiger partial charge on any atom is -0.449 e. The van der Waals surface area contributed by atoms with Gasteiger partial charge in [0.15, 0.2) is 9.84 Å². The number of alkyl carbamates (subject to hydrolysis) is 1. The van der Waals surface area contributed by atoms with Crippen LogP contribution in [0, 0.1) is 0 Å². The molecule has 178 valence electrons. The molecule has 0 fully saturated rings. The first kappa shape index (κ1) is 23.9. The summed E-state index contributed by atoms with van der Waals surface area (Å²) < 4.78 is 28.6. The summed E-state index contributed by atoms with van der Waals surface area (Å²) in [5, 5.41) is 23.2. The van der Waals surface area contributed by atoms with Gasteiger partial charge in [-0.15, -0.1) is 0 Å². The van der Waals surface area contributed by atoms with Crippen LogP contribution >= 0.6 is 0 Å². The monoisotopic (exact) mass is 481 g/mol. The summed E-state index contributed by atoms with van der Waals surface area (Å²) in [7, 11) is -3.34. The summed E-state index contributed by atoms with van der Waals surface area (Å²) in [5.41, 5.74) is 4.93. The highest BCUT2D eigenvalue weighted by atomic mass is 32.2. The molecule has 2 unspecified atom stereocenters. The summed E-state index contributed by atoms with van der Waals surface area (Å²) in [4.78, 5) is 12.4. The highest BCUT2D eigenvalue weighted by Crippen LogP contribution is 2.44. The highest BCUT2D eigenvalue weighted by molar-refractivity contribution is 7.90. The number of sulfone groups is 1. The van der Waals surface area contributed by atoms with Crippen LogP contribution in [0.1, 0.15) is 35.1 Å². The first-order valence-corrected chi connectivity index (χ1v) is 12.9. The highest BCUT2D eigenvalue weighted by Gasteiger charge is 2.29. The van der Waals surface area contributed by atoms with Crippen molar-refractivity contribution in [1.29, 1.82) is 0 Å². The van der Waals surface area contributed by atoms with E-state index in [9.17, 15) is 23.4 Å². The van der Waals surface area contributed by atoms with Crippen LogP contribution < -0.4 is 5.32 Å². The molecule has 3 aromatic carbocycles. The van der Waals surface area contributed by atoms with Crippen molar-refractivity contribution in [3.05, 3.63) is 89.5 Å². The van der Waals surface area contributed by atoms with Crippen molar-refractivity contribution in [3.8, 4) is 11.1 Å². The number of rotatable bonds is 8. The molecule has 0 radical (unpaired) electrons. The number of amides is 1. The van der Waals surface area contributed by atoms with E-state index in [1.807, 2.05) is 36.4 Å². The molecule has 2 atom stereocenters. The van der Waals surface area contributed by atoms with E-state index in [1.54, 1.807) is 0 Å². The molecule has 0 aliphatic heterocycles. The number of nitrogens with one attached hydrogen (secondary N) is 1. The van der Waals surface area contributed by atoms with E-state index in [-0.39, 0.29) is 30.4 Å². The zero-order valence-corrected chi connectivity index (χ0v) is 19.5. The predicted molar refractivity (Wildman–Crippen MR) is 128 cm³/mol. The van der Waals surface area contributed by atoms with Gasteiger partial charge in [-0.25, -0.2) is 13.2 Å². The molecule has 0 heterocycles. The molecular formula is C26H27NO6S. The SMILES string of the molecule is CS(=O)(=O)c1ccc(C(O)C(O)CCNC(=O)OCC2c3ccccc3-c3ccccc32)cc1. The van der Waals surface area contributed by atoms with Crippen molar-refractivity contribution < 1.29 is 28.2 Å². The molecule has 1 aliphatic rings. The Kier molecular flexibility index (Phi) is 7.02. The third kappa shape index (κ3) is 5.14. The average Bonchev–Trinajstić information content (AvgIpc) is 3.15. The summed E-state index contributed by atoms with van der Waals surface area (Å²) in [5.74, 6) is -0.0412. The largest absolute Gasteiger partial charge is 0.449 e. The van der Waals surface area contributed by atoms with E-state index in [2.05, 4.69) is 17.4 Å². The van der Waals surface area contributed by atoms with Gasteiger partial charge in [-0.2, -0.15) is 0 Å². The number of fused-ring (bicyclic) bond motifs is 3. The number of aliphatic hydroxyl groups excluding tert-OH is 2. The van der Waals surface area contributed by atoms with E-state index in [0.29, 0.717) is 5.56 Å². The lowest BCUT2D eigenvalue weighted by Crippen LogP contribution is -2.30. The lowest BCUT2D eigenvalue weighted by Gasteiger charge is -2.19. The second-order valence-corrected chi connectivity index (χ2v) is 10.4. The zero-order valence-electron chi connectivity index (χ0n) is 18.7. The maximum absolute atomic E-state index is 12.2. The second kappa shape index (κ2) is 9.97. The molecule has 1 amide bonds. The molecule has 0 spiro atoms. The van der Waals surface area contributed by atoms with E-state index >= 15 is 0 Å². The lowest BCUT2D eigenvalue weighted by atomic mass is 9.98. The van der Waals surface area contributed by atoms with Crippen molar-refractivity contribution in [2.45, 2.75) is 29.4 Å². The van der Waals surface area contributed by atoms with Crippen molar-refractivity contribution >= 4 is 15.9 Å². The Morgan fingerprint density at radius 3 is 2.06 bits per heavy atom. The molecule has 3 N–H and O–H groups in total. The standard InChI is InChI=1S/C26H27NO6S/c1-34(31,32)18-12-10-17(11-13-18)25(29)24(28)14-15-27-26(30)33-16-23-21-8-4-2-6-19(21)20-7-3-5-9-22(20)23/h2-13,23-25,28-29H,14-16H2,1H3,(H,27,30). The quantitative estimate of drug-likeness (QED) is 0.455. The molecule has 0 saturated heterocycles. The molecule has 0 bridgehead atoms. The number of hydrogen-bond acceptors (Lipinski definition) is 6. The third-order valence-electron chi connectivity index (χ3n) is 6.07. The Balaban J connectivity index is 1.27. The van der Waals surface area contributed by atoms with Crippen LogP contribution in [0.4, 0.5) is 4.79 Å². The first-order valence-electron chi connectivity index (χ1n) is 11.0. The van der Waals surface area contributed by atoms with Gasteiger partial charge in [0.2, 0.25) is 0 Å². The maximum atomic E-state index is 12.2. The van der Waals surface area contributed by atoms with Gasteiger partial charge in [-0.3, -0.25) is 0 Å². The molecule has 4 rings (SSSR count). The third-order valence-corrected chi connectivity index (χ3v) is 7.20. The number of hydrogen-bond donors (Lipinski definition) is 3. The van der Waals surface area contributed by atoms with Gasteiger partial charge in [0.05, 0.1) is 11.0 Å². The van der Waals surface area contributed by atoms with Crippen LogP contribution in [-0.4, -0.2) is 50.2 Å². The number of carbonyl (C=O) groups is 1. The van der Waals surface area contributed by atoms with Crippen LogP contribution in [0.3, 0.4) is 0 Å². The van der Waals surface area contributed by atoms with Crippen molar-refractivity contribution in [2.75, 3.05) is 19.4 Å². The van der Waals surface area contributed by atoms with Gasteiger partial charge in [0.1, 0.15) is 12.7 Å². The van der Waals surface area contributed by atoms with E-state index in [0.717, 1.165) is 28.5 Å². The first-order chi connectivity index (χ1) is 16.3. The lowest BCUT2D eigenvalue weighted by molar-refractivity contribution is 0.0136. The smallest absolute Gasteiger partial charge is 0.407 e. The molecule has 0 aromatic heterocycles. The van der Waals surface area contributed by atoms with Gasteiger partial charge in [-0.1, -0.05) is 60.7 Å². The van der Waals surface area contributed by atoms with Crippen LogP contribution in [0.15, 0.2) is 77.7 Å². The van der Waals surface area contributed by atoms with Gasteiger partial charge in [0, 0.05) is 18.7 Å². The van der Waals surface area contributed by atoms with Crippen molar-refractivity contribution in [1.82, 2.24) is 5.32 Å². The summed E-state index contributed by atoms with van der Waals surface area (Å²) >= 11 is 0. The average molecular weight is 482 g/mol. The van der Waals surface area contributed by atoms with Crippen LogP contribution in [0.25, 0.3) is 11.1 Å². The van der Waals surface area contributed by atoms with E-state index in [1.165, 1.54) is 24.3 Å². The molecule has 34 heavy (non-hydrogen) atoms. The van der Waals surface area contributed by atoms with Crippen LogP contribution in [0.2, 0.25) is 0 Å². The fourth-order valence-corrected chi connectivity index (χ4v) is 4.89. The van der Waals surface area contributed by atoms with Gasteiger partial charge < -0.3 is 20.3 Å². The van der Waals surface area contributed by atoms with Crippen molar-refractivity contribution in [3.63, 3.8) is 0 Å². The number of aliphatic hydroxyl groups is 2. The van der Waals surface area contributed by atoms with Gasteiger partial charge >= 0.3 is 6.09 Å². The molecule has 0 saturated carbocycles. The van der Waals surface area contributed by atoms with Crippen LogP contribution in [-0.2, 0) is 14.6 Å². The van der Waals surface area contributed by atoms with Gasteiger partial charge in [0.25, 0.3) is 0 Å². The zero-order chi connectivity index (χ0) is 24.3. The Bertz CT molecular complexity index is 1230. The van der Waals surface area contributed by atoms with E-state index in [4.69, 9.17) is 4.74 Å². The minimum atomic E-state index is -3.34. The molecule has 1 aliphatic carbocycles. The Morgan fingerprint density at radius 2 is 1.50 bits per heavy atom. The molecular weight excluding hydrogens is 454 g/mol. The van der Waals surface area contributed by atoms with Crippen LogP contribution in [0.5, 0.6) is 0 Å². The molecule has 3 aromatic rings. The van der Waals surface area contributed by atoms with E-state index < -0.39 is 28.1 Å². The topological polar surface area (TPSA) is 113 Å². The maximum Gasteiger partial charge on any atom is 0.407 e. The molecule has 8 heteroatoms. The Morgan fingerprint density at radius 1 is 0.941 bits per heavy atom.